The fourth-order valence-corrected chi connectivity index (χ4v) is 3.53. The van der Waals surface area contributed by atoms with Crippen LogP contribution in [0.3, 0.4) is 0 Å². The molecule has 0 aliphatic carbocycles. The van der Waals surface area contributed by atoms with Crippen molar-refractivity contribution in [2.75, 3.05) is 19.7 Å². The molecule has 0 bridgehead atoms. The molecule has 1 aliphatic rings. The number of halogens is 2. The maximum atomic E-state index is 12.7. The fourth-order valence-electron chi connectivity index (χ4n) is 2.78. The zero-order chi connectivity index (χ0) is 21.6. The summed E-state index contributed by atoms with van der Waals surface area (Å²) < 4.78 is 11.8. The van der Waals surface area contributed by atoms with Crippen LogP contribution in [0.15, 0.2) is 22.7 Å². The fraction of sp³-hybridized carbons (Fsp3) is 0.550. The first-order chi connectivity index (χ1) is 13.6. The Morgan fingerprint density at radius 1 is 1.48 bits per heavy atom. The monoisotopic (exact) mass is 485 g/mol. The maximum absolute atomic E-state index is 12.7. The van der Waals surface area contributed by atoms with Crippen molar-refractivity contribution < 1.29 is 19.1 Å². The number of hydrogen-bond donors (Lipinski definition) is 1. The van der Waals surface area contributed by atoms with Crippen molar-refractivity contribution in [3.8, 4) is 6.07 Å². The molecule has 0 unspecified atom stereocenters. The zero-order valence-electron chi connectivity index (χ0n) is 16.7. The van der Waals surface area contributed by atoms with Gasteiger partial charge in [-0.2, -0.15) is 5.26 Å². The first-order valence-electron chi connectivity index (χ1n) is 9.32. The smallest absolute Gasteiger partial charge is 0.410 e. The first-order valence-corrected chi connectivity index (χ1v) is 10.5. The van der Waals surface area contributed by atoms with Crippen molar-refractivity contribution >= 4 is 39.5 Å². The van der Waals surface area contributed by atoms with Crippen molar-refractivity contribution in [3.63, 3.8) is 0 Å². The molecule has 0 saturated carbocycles. The van der Waals surface area contributed by atoms with E-state index in [1.54, 1.807) is 32.9 Å². The highest BCUT2D eigenvalue weighted by Crippen LogP contribution is 2.22. The molecule has 2 atom stereocenters. The van der Waals surface area contributed by atoms with E-state index in [-0.39, 0.29) is 13.0 Å². The van der Waals surface area contributed by atoms with Gasteiger partial charge < -0.3 is 19.7 Å². The van der Waals surface area contributed by atoms with Crippen molar-refractivity contribution in [1.29, 1.82) is 5.26 Å². The molecule has 0 spiro atoms. The minimum absolute atomic E-state index is 0.0674. The Morgan fingerprint density at radius 2 is 2.21 bits per heavy atom. The third kappa shape index (κ3) is 7.50. The van der Waals surface area contributed by atoms with E-state index in [0.717, 1.165) is 10.0 Å². The van der Waals surface area contributed by atoms with Gasteiger partial charge in [-0.3, -0.25) is 4.79 Å². The summed E-state index contributed by atoms with van der Waals surface area (Å²) in [4.78, 5) is 26.5. The minimum Gasteiger partial charge on any atom is -0.444 e. The summed E-state index contributed by atoms with van der Waals surface area (Å²) in [5.74, 6) is -0.444. The summed E-state index contributed by atoms with van der Waals surface area (Å²) in [6, 6.07) is 6.67. The lowest BCUT2D eigenvalue weighted by Gasteiger charge is -2.27. The summed E-state index contributed by atoms with van der Waals surface area (Å²) in [6.07, 6.45) is -0.503. The van der Waals surface area contributed by atoms with Crippen LogP contribution in [0.2, 0.25) is 5.02 Å². The molecule has 7 nitrogen and oxygen atoms in total. The highest BCUT2D eigenvalue weighted by Gasteiger charge is 2.31. The lowest BCUT2D eigenvalue weighted by atomic mass is 10.1. The summed E-state index contributed by atoms with van der Waals surface area (Å²) >= 11 is 9.55. The molecule has 2 rings (SSSR count). The topological polar surface area (TPSA) is 91.7 Å². The quantitative estimate of drug-likeness (QED) is 0.701. The number of hydrogen-bond acceptors (Lipinski definition) is 5. The number of benzene rings is 1. The van der Waals surface area contributed by atoms with E-state index < -0.39 is 29.7 Å². The molecule has 1 saturated heterocycles. The number of carbonyl (C=O) groups is 2. The summed E-state index contributed by atoms with van der Waals surface area (Å²) in [7, 11) is 0. The number of nitrogens with zero attached hydrogens (tertiary/aromatic N) is 2. The highest BCUT2D eigenvalue weighted by molar-refractivity contribution is 9.10. The third-order valence-corrected chi connectivity index (χ3v) is 4.98. The molecular formula is C20H25BrClN3O4. The van der Waals surface area contributed by atoms with Gasteiger partial charge in [-0.25, -0.2) is 4.79 Å². The van der Waals surface area contributed by atoms with Crippen LogP contribution in [0.1, 0.15) is 32.8 Å². The second kappa shape index (κ2) is 10.3. The number of ether oxygens (including phenoxy) is 2. The zero-order valence-corrected chi connectivity index (χ0v) is 19.0. The van der Waals surface area contributed by atoms with Gasteiger partial charge in [-0.15, -0.1) is 0 Å². The Labute approximate surface area is 184 Å². The van der Waals surface area contributed by atoms with E-state index in [1.807, 2.05) is 6.07 Å². The molecule has 1 aliphatic heterocycles. The highest BCUT2D eigenvalue weighted by atomic mass is 79.9. The Bertz CT molecular complexity index is 791. The van der Waals surface area contributed by atoms with E-state index in [0.29, 0.717) is 24.6 Å². The van der Waals surface area contributed by atoms with Crippen LogP contribution >= 0.6 is 27.5 Å². The van der Waals surface area contributed by atoms with Crippen LogP contribution < -0.4 is 5.32 Å². The van der Waals surface area contributed by atoms with Gasteiger partial charge in [0, 0.05) is 29.1 Å². The lowest BCUT2D eigenvalue weighted by molar-refractivity contribution is -0.133. The van der Waals surface area contributed by atoms with Gasteiger partial charge in [0.05, 0.1) is 12.6 Å². The normalized spacial score (nSPS) is 18.3. The van der Waals surface area contributed by atoms with Crippen molar-refractivity contribution in [1.82, 2.24) is 10.2 Å². The maximum Gasteiger partial charge on any atom is 0.410 e. The van der Waals surface area contributed by atoms with E-state index in [9.17, 15) is 14.9 Å². The molecular weight excluding hydrogens is 462 g/mol. The molecule has 158 valence electrons. The molecule has 1 heterocycles. The van der Waals surface area contributed by atoms with E-state index >= 15 is 0 Å². The molecule has 1 aromatic carbocycles. The average molecular weight is 487 g/mol. The van der Waals surface area contributed by atoms with Crippen LogP contribution in [0.5, 0.6) is 0 Å². The predicted octanol–water partition coefficient (Wildman–Crippen LogP) is 3.68. The average Bonchev–Trinajstić information content (AvgIpc) is 2.88. The van der Waals surface area contributed by atoms with Gasteiger partial charge in [0.2, 0.25) is 0 Å². The van der Waals surface area contributed by atoms with Gasteiger partial charge in [-0.05, 0) is 44.9 Å². The Morgan fingerprint density at radius 3 is 2.83 bits per heavy atom. The molecule has 2 amide bonds. The SMILES string of the molecule is CC(C)(C)OC(=O)N1CCCO[C@H](C(=O)N[C@H](C#N)Cc2ccc(Br)cc2Cl)C1. The second-order valence-corrected chi connectivity index (χ2v) is 9.09. The minimum atomic E-state index is -0.874. The molecule has 1 N–H and O–H groups in total. The molecule has 29 heavy (non-hydrogen) atoms. The second-order valence-electron chi connectivity index (χ2n) is 7.77. The molecule has 9 heteroatoms. The molecule has 0 aromatic heterocycles. The van der Waals surface area contributed by atoms with Gasteiger partial charge in [0.15, 0.2) is 6.10 Å². The Balaban J connectivity index is 2.01. The van der Waals surface area contributed by atoms with E-state index in [1.165, 1.54) is 4.90 Å². The molecule has 1 fully saturated rings. The van der Waals surface area contributed by atoms with Gasteiger partial charge in [0.25, 0.3) is 5.91 Å². The number of amides is 2. The van der Waals surface area contributed by atoms with Gasteiger partial charge in [0.1, 0.15) is 11.6 Å². The van der Waals surface area contributed by atoms with E-state index in [2.05, 4.69) is 27.3 Å². The number of nitriles is 1. The molecule has 0 radical (unpaired) electrons. The Hall–Kier alpha value is -1.82. The van der Waals surface area contributed by atoms with Crippen molar-refractivity contribution in [2.45, 2.75) is 51.4 Å². The van der Waals surface area contributed by atoms with Crippen LogP contribution in [0.25, 0.3) is 0 Å². The van der Waals surface area contributed by atoms with Crippen LogP contribution in [0, 0.1) is 11.3 Å². The molecule has 1 aromatic rings. The summed E-state index contributed by atoms with van der Waals surface area (Å²) in [6.45, 7) is 6.20. The lowest BCUT2D eigenvalue weighted by Crippen LogP contribution is -2.48. The van der Waals surface area contributed by atoms with Crippen molar-refractivity contribution in [3.05, 3.63) is 33.3 Å². The predicted molar refractivity (Wildman–Crippen MR) is 113 cm³/mol. The van der Waals surface area contributed by atoms with Crippen molar-refractivity contribution in [2.24, 2.45) is 0 Å². The largest absolute Gasteiger partial charge is 0.444 e. The first kappa shape index (κ1) is 23.5. The summed E-state index contributed by atoms with van der Waals surface area (Å²) in [5, 5.41) is 12.7. The Kier molecular flexibility index (Phi) is 8.32. The number of nitrogens with one attached hydrogen (secondary N) is 1. The third-order valence-electron chi connectivity index (χ3n) is 4.13. The van der Waals surface area contributed by atoms with Gasteiger partial charge in [-0.1, -0.05) is 33.6 Å². The van der Waals surface area contributed by atoms with E-state index in [4.69, 9.17) is 21.1 Å². The van der Waals surface area contributed by atoms with Crippen LogP contribution in [0.4, 0.5) is 4.79 Å². The standard InChI is InChI=1S/C20H25BrClN3O4/c1-20(2,3)29-19(27)25-7-4-8-28-17(12-25)18(26)24-15(11-23)9-13-5-6-14(21)10-16(13)22/h5-6,10,15,17H,4,7-9,12H2,1-3H3,(H,24,26)/t15-,17-/m0/s1. The summed E-state index contributed by atoms with van der Waals surface area (Å²) in [5.41, 5.74) is 0.122. The number of rotatable bonds is 4. The number of carbonyl (C=O) groups excluding carboxylic acids is 2. The van der Waals surface area contributed by atoms with Crippen LogP contribution in [-0.4, -0.2) is 54.3 Å². The van der Waals surface area contributed by atoms with Gasteiger partial charge >= 0.3 is 6.09 Å². The van der Waals surface area contributed by atoms with Crippen LogP contribution in [-0.2, 0) is 20.7 Å².